The number of aliphatic hydroxyl groups is 1. The summed E-state index contributed by atoms with van der Waals surface area (Å²) < 4.78 is 0. The van der Waals surface area contributed by atoms with E-state index in [0.29, 0.717) is 11.2 Å². The summed E-state index contributed by atoms with van der Waals surface area (Å²) >= 11 is 1.66. The minimum atomic E-state index is -1.03. The van der Waals surface area contributed by atoms with Crippen molar-refractivity contribution < 1.29 is 24.6 Å². The SMILES string of the molecule is CN1CCC(C=O)CC1.C[C@@H](O)[C@H]1C(=O)N2C(C(=O)O)=C(S[C@@H]3CCN(CC4CCNCC4)C3)[C@H](C)[C@H]12. The van der Waals surface area contributed by atoms with Crippen molar-refractivity contribution in [2.75, 3.05) is 52.9 Å². The molecule has 5 heterocycles. The van der Waals surface area contributed by atoms with Crippen LogP contribution < -0.4 is 5.32 Å². The average molecular weight is 537 g/mol. The number of likely N-dealkylation sites (tertiary alicyclic amines) is 2. The Morgan fingerprint density at radius 3 is 2.43 bits per heavy atom. The minimum absolute atomic E-state index is 0.0353. The summed E-state index contributed by atoms with van der Waals surface area (Å²) in [6.45, 7) is 11.2. The first-order valence-electron chi connectivity index (χ1n) is 13.9. The van der Waals surface area contributed by atoms with Gasteiger partial charge in [0.05, 0.1) is 18.1 Å². The third-order valence-corrected chi connectivity index (χ3v) is 10.3. The normalized spacial score (nSPS) is 32.5. The fourth-order valence-electron chi connectivity index (χ4n) is 6.51. The number of aliphatic carboxylic acids is 1. The standard InChI is InChI=1S/C20H31N3O4S.C7H13NO/c1-11-16-15(12(2)24)19(25)23(16)17(20(26)27)18(11)28-14-5-8-22(10-14)9-13-3-6-21-7-4-13;1-8-4-2-7(6-9)3-5-8/h11-16,21,24H,3-10H2,1-2H3,(H,26,27);6-7H,2-5H2,1H3/t11-,12-,14-,15-,16-;/m1./s1. The number of aliphatic hydroxyl groups excluding tert-OH is 1. The largest absolute Gasteiger partial charge is 0.477 e. The zero-order valence-electron chi connectivity index (χ0n) is 22.5. The molecule has 10 heteroatoms. The second-order valence-electron chi connectivity index (χ2n) is 11.5. The predicted molar refractivity (Wildman–Crippen MR) is 144 cm³/mol. The lowest BCUT2D eigenvalue weighted by molar-refractivity contribution is -0.163. The Hall–Kier alpha value is -1.46. The maximum absolute atomic E-state index is 12.4. The van der Waals surface area contributed by atoms with Crippen LogP contribution in [-0.4, -0.2) is 113 Å². The number of carboxylic acids is 1. The van der Waals surface area contributed by atoms with Crippen molar-refractivity contribution in [3.8, 4) is 0 Å². The number of aldehydes is 1. The van der Waals surface area contributed by atoms with Gasteiger partial charge in [-0.25, -0.2) is 4.79 Å². The van der Waals surface area contributed by atoms with E-state index in [2.05, 4.69) is 22.2 Å². The number of fused-ring (bicyclic) bond motifs is 1. The van der Waals surface area contributed by atoms with Gasteiger partial charge >= 0.3 is 5.97 Å². The molecule has 0 aromatic rings. The average Bonchev–Trinajstić information content (AvgIpc) is 3.41. The van der Waals surface area contributed by atoms with Crippen LogP contribution in [0.3, 0.4) is 0 Å². The lowest BCUT2D eigenvalue weighted by Crippen LogP contribution is -2.63. The number of carbonyl (C=O) groups excluding carboxylic acids is 2. The van der Waals surface area contributed by atoms with E-state index >= 15 is 0 Å². The van der Waals surface area contributed by atoms with Gasteiger partial charge < -0.3 is 35.0 Å². The fraction of sp³-hybridized carbons (Fsp3) is 0.815. The highest BCUT2D eigenvalue weighted by molar-refractivity contribution is 8.03. The predicted octanol–water partition coefficient (Wildman–Crippen LogP) is 1.47. The molecule has 5 aliphatic rings. The van der Waals surface area contributed by atoms with Gasteiger partial charge in [-0.2, -0.15) is 0 Å². The quantitative estimate of drug-likeness (QED) is 0.329. The molecule has 4 fully saturated rings. The Bertz CT molecular complexity index is 869. The summed E-state index contributed by atoms with van der Waals surface area (Å²) in [5.74, 6) is -0.691. The highest BCUT2D eigenvalue weighted by atomic mass is 32.2. The summed E-state index contributed by atoms with van der Waals surface area (Å²) in [6, 6.07) is -0.214. The molecule has 0 radical (unpaired) electrons. The van der Waals surface area contributed by atoms with Gasteiger partial charge in [-0.3, -0.25) is 4.79 Å². The lowest BCUT2D eigenvalue weighted by atomic mass is 9.79. The molecule has 9 nitrogen and oxygen atoms in total. The topological polar surface area (TPSA) is 113 Å². The van der Waals surface area contributed by atoms with Crippen LogP contribution in [0.2, 0.25) is 0 Å². The molecule has 0 saturated carbocycles. The van der Waals surface area contributed by atoms with Crippen LogP contribution in [0.1, 0.15) is 46.0 Å². The number of rotatable bonds is 7. The van der Waals surface area contributed by atoms with E-state index in [1.165, 1.54) is 17.7 Å². The molecule has 3 N–H and O–H groups in total. The summed E-state index contributed by atoms with van der Waals surface area (Å²) in [5, 5.41) is 23.5. The van der Waals surface area contributed by atoms with Crippen LogP contribution in [-0.2, 0) is 14.4 Å². The van der Waals surface area contributed by atoms with Crippen LogP contribution in [0.25, 0.3) is 0 Å². The second kappa shape index (κ2) is 12.6. The molecule has 0 unspecified atom stereocenters. The second-order valence-corrected chi connectivity index (χ2v) is 12.9. The molecule has 0 aromatic heterocycles. The number of hydrogen-bond acceptors (Lipinski definition) is 8. The van der Waals surface area contributed by atoms with Crippen LogP contribution in [0.15, 0.2) is 10.6 Å². The third-order valence-electron chi connectivity index (χ3n) is 8.76. The van der Waals surface area contributed by atoms with Gasteiger partial charge in [-0.15, -0.1) is 11.8 Å². The number of nitrogens with zero attached hydrogens (tertiary/aromatic N) is 3. The van der Waals surface area contributed by atoms with Crippen molar-refractivity contribution in [1.82, 2.24) is 20.0 Å². The van der Waals surface area contributed by atoms with Crippen LogP contribution in [0, 0.1) is 23.7 Å². The highest BCUT2D eigenvalue weighted by Gasteiger charge is 2.60. The molecule has 0 aliphatic carbocycles. The van der Waals surface area contributed by atoms with Gasteiger partial charge in [-0.1, -0.05) is 6.92 Å². The summed E-state index contributed by atoms with van der Waals surface area (Å²) in [4.78, 5) is 41.7. The molecule has 5 aliphatic heterocycles. The number of carboxylic acid groups (broad SMARTS) is 1. The lowest BCUT2D eigenvalue weighted by Gasteiger charge is -2.46. The van der Waals surface area contributed by atoms with Crippen molar-refractivity contribution in [2.24, 2.45) is 23.7 Å². The van der Waals surface area contributed by atoms with Crippen LogP contribution in [0.4, 0.5) is 0 Å². The van der Waals surface area contributed by atoms with E-state index in [0.717, 1.165) is 82.2 Å². The van der Waals surface area contributed by atoms with E-state index in [9.17, 15) is 24.6 Å². The zero-order valence-corrected chi connectivity index (χ0v) is 23.3. The first kappa shape index (κ1) is 28.5. The number of carbonyl (C=O) groups is 3. The van der Waals surface area contributed by atoms with Crippen LogP contribution in [0.5, 0.6) is 0 Å². The van der Waals surface area contributed by atoms with E-state index in [1.807, 2.05) is 6.92 Å². The summed E-state index contributed by atoms with van der Waals surface area (Å²) in [5.41, 5.74) is 0.154. The maximum Gasteiger partial charge on any atom is 0.353 e. The van der Waals surface area contributed by atoms with E-state index in [1.54, 1.807) is 18.7 Å². The van der Waals surface area contributed by atoms with E-state index in [4.69, 9.17) is 0 Å². The van der Waals surface area contributed by atoms with Crippen molar-refractivity contribution in [2.45, 2.75) is 63.3 Å². The highest BCUT2D eigenvalue weighted by Crippen LogP contribution is 2.51. The monoisotopic (exact) mass is 536 g/mol. The molecule has 0 bridgehead atoms. The third kappa shape index (κ3) is 6.41. The molecule has 5 rings (SSSR count). The first-order chi connectivity index (χ1) is 17.7. The maximum atomic E-state index is 12.4. The Morgan fingerprint density at radius 2 is 1.84 bits per heavy atom. The Balaban J connectivity index is 0.000000301. The number of piperidine rings is 2. The van der Waals surface area contributed by atoms with Crippen molar-refractivity contribution in [3.05, 3.63) is 10.6 Å². The molecule has 0 spiro atoms. The number of nitrogens with one attached hydrogen (secondary N) is 1. The molecule has 208 valence electrons. The minimum Gasteiger partial charge on any atom is -0.477 e. The molecule has 37 heavy (non-hydrogen) atoms. The molecular weight excluding hydrogens is 492 g/mol. The number of hydrogen-bond donors (Lipinski definition) is 3. The van der Waals surface area contributed by atoms with E-state index < -0.39 is 18.0 Å². The zero-order chi connectivity index (χ0) is 26.7. The Kier molecular flexibility index (Phi) is 9.72. The fourth-order valence-corrected chi connectivity index (χ4v) is 8.03. The number of thioether (sulfide) groups is 1. The van der Waals surface area contributed by atoms with Gasteiger partial charge in [0, 0.05) is 35.1 Å². The van der Waals surface area contributed by atoms with Crippen LogP contribution >= 0.6 is 11.8 Å². The van der Waals surface area contributed by atoms with Gasteiger partial charge in [0.25, 0.3) is 0 Å². The summed E-state index contributed by atoms with van der Waals surface area (Å²) in [7, 11) is 2.10. The van der Waals surface area contributed by atoms with Crippen molar-refractivity contribution in [1.29, 1.82) is 0 Å². The summed E-state index contributed by atoms with van der Waals surface area (Å²) in [6.07, 6.45) is 5.98. The molecular formula is C27H44N4O5S. The Morgan fingerprint density at radius 1 is 1.16 bits per heavy atom. The van der Waals surface area contributed by atoms with Gasteiger partial charge in [-0.05, 0) is 84.7 Å². The van der Waals surface area contributed by atoms with Gasteiger partial charge in [0.1, 0.15) is 12.0 Å². The Labute approximate surface area is 225 Å². The van der Waals surface area contributed by atoms with Gasteiger partial charge in [0.2, 0.25) is 5.91 Å². The number of β-lactam (4-membered cyclic amide) rings is 1. The molecule has 0 aromatic carbocycles. The van der Waals surface area contributed by atoms with Crippen molar-refractivity contribution >= 4 is 29.9 Å². The molecule has 5 atom stereocenters. The van der Waals surface area contributed by atoms with E-state index in [-0.39, 0.29) is 23.6 Å². The first-order valence-corrected chi connectivity index (χ1v) is 14.8. The molecule has 4 saturated heterocycles. The molecule has 1 amide bonds. The number of amides is 1. The van der Waals surface area contributed by atoms with Crippen molar-refractivity contribution in [3.63, 3.8) is 0 Å². The smallest absolute Gasteiger partial charge is 0.353 e. The van der Waals surface area contributed by atoms with Gasteiger partial charge in [0.15, 0.2) is 0 Å².